The molecule has 1 saturated carbocycles. The first kappa shape index (κ1) is 16.0. The molecule has 1 aromatic carbocycles. The van der Waals surface area contributed by atoms with Crippen molar-refractivity contribution < 1.29 is 9.53 Å². The predicted molar refractivity (Wildman–Crippen MR) is 83.7 cm³/mol. The molecule has 0 heterocycles. The Morgan fingerprint density at radius 3 is 2.52 bits per heavy atom. The normalized spacial score (nSPS) is 22.0. The van der Waals surface area contributed by atoms with E-state index in [1.54, 1.807) is 7.11 Å². The van der Waals surface area contributed by atoms with Crippen molar-refractivity contribution in [2.24, 2.45) is 11.7 Å². The van der Waals surface area contributed by atoms with E-state index in [2.05, 4.69) is 12.1 Å². The summed E-state index contributed by atoms with van der Waals surface area (Å²) in [5.41, 5.74) is 7.09. The van der Waals surface area contributed by atoms with Crippen LogP contribution in [0.2, 0.25) is 0 Å². The Kier molecular flexibility index (Phi) is 6.21. The largest absolute Gasteiger partial charge is 0.383 e. The van der Waals surface area contributed by atoms with Gasteiger partial charge in [-0.15, -0.1) is 0 Å². The van der Waals surface area contributed by atoms with Gasteiger partial charge in [-0.25, -0.2) is 0 Å². The molecule has 0 aliphatic heterocycles. The van der Waals surface area contributed by atoms with Gasteiger partial charge in [0, 0.05) is 32.2 Å². The quantitative estimate of drug-likeness (QED) is 0.873. The lowest BCUT2D eigenvalue weighted by Gasteiger charge is -2.31. The monoisotopic (exact) mass is 290 g/mol. The molecule has 2 N–H and O–H groups in total. The molecular weight excluding hydrogens is 264 g/mol. The van der Waals surface area contributed by atoms with Crippen LogP contribution >= 0.6 is 0 Å². The van der Waals surface area contributed by atoms with Crippen molar-refractivity contribution >= 4 is 5.91 Å². The summed E-state index contributed by atoms with van der Waals surface area (Å²) in [6.07, 6.45) is 3.75. The summed E-state index contributed by atoms with van der Waals surface area (Å²) in [5.74, 6) is 0.383. The number of nitrogens with zero attached hydrogens (tertiary/aromatic N) is 1. The number of ether oxygens (including phenoxy) is 1. The number of carbonyl (C=O) groups excluding carboxylic acids is 1. The highest BCUT2D eigenvalue weighted by Gasteiger charge is 2.28. The van der Waals surface area contributed by atoms with Gasteiger partial charge in [-0.3, -0.25) is 4.79 Å². The summed E-state index contributed by atoms with van der Waals surface area (Å²) in [6, 6.07) is 10.4. The van der Waals surface area contributed by atoms with Crippen LogP contribution in [0.25, 0.3) is 0 Å². The van der Waals surface area contributed by atoms with Crippen molar-refractivity contribution in [3.63, 3.8) is 0 Å². The van der Waals surface area contributed by atoms with Crippen molar-refractivity contribution in [3.8, 4) is 0 Å². The second-order valence-electron chi connectivity index (χ2n) is 5.85. The molecule has 0 bridgehead atoms. The fraction of sp³-hybridized carbons (Fsp3) is 0.588. The van der Waals surface area contributed by atoms with E-state index in [4.69, 9.17) is 10.5 Å². The van der Waals surface area contributed by atoms with Crippen LogP contribution in [0.4, 0.5) is 0 Å². The maximum Gasteiger partial charge on any atom is 0.226 e. The van der Waals surface area contributed by atoms with E-state index >= 15 is 0 Å². The zero-order chi connectivity index (χ0) is 15.1. The second-order valence-corrected chi connectivity index (χ2v) is 5.85. The van der Waals surface area contributed by atoms with Crippen LogP contribution in [0.3, 0.4) is 0 Å². The molecule has 4 nitrogen and oxygen atoms in total. The van der Waals surface area contributed by atoms with Crippen molar-refractivity contribution in [3.05, 3.63) is 35.9 Å². The van der Waals surface area contributed by atoms with Crippen molar-refractivity contribution in [1.82, 2.24) is 4.90 Å². The van der Waals surface area contributed by atoms with Gasteiger partial charge in [0.1, 0.15) is 0 Å². The van der Waals surface area contributed by atoms with E-state index in [0.29, 0.717) is 19.7 Å². The number of hydrogen-bond acceptors (Lipinski definition) is 3. The van der Waals surface area contributed by atoms with Gasteiger partial charge in [-0.1, -0.05) is 30.3 Å². The third kappa shape index (κ3) is 4.83. The molecule has 0 aromatic heterocycles. The predicted octanol–water partition coefficient (Wildman–Crippen LogP) is 2.18. The van der Waals surface area contributed by atoms with Crippen LogP contribution in [0.1, 0.15) is 31.2 Å². The fourth-order valence-corrected chi connectivity index (χ4v) is 2.90. The van der Waals surface area contributed by atoms with Crippen molar-refractivity contribution in [2.75, 3.05) is 20.3 Å². The molecule has 116 valence electrons. The first-order valence-corrected chi connectivity index (χ1v) is 7.78. The number of carbonyl (C=O) groups is 1. The Morgan fingerprint density at radius 1 is 1.24 bits per heavy atom. The minimum Gasteiger partial charge on any atom is -0.383 e. The van der Waals surface area contributed by atoms with Gasteiger partial charge in [0.25, 0.3) is 0 Å². The Bertz CT molecular complexity index is 428. The molecule has 0 spiro atoms. The molecule has 1 aliphatic rings. The van der Waals surface area contributed by atoms with Gasteiger partial charge in [0.2, 0.25) is 5.91 Å². The molecule has 2 rings (SSSR count). The average molecular weight is 290 g/mol. The summed E-state index contributed by atoms with van der Waals surface area (Å²) >= 11 is 0. The number of methoxy groups -OCH3 is 1. The molecule has 0 saturated heterocycles. The molecule has 0 radical (unpaired) electrons. The molecule has 0 unspecified atom stereocenters. The average Bonchev–Trinajstić information content (AvgIpc) is 2.52. The Morgan fingerprint density at radius 2 is 1.90 bits per heavy atom. The highest BCUT2D eigenvalue weighted by atomic mass is 16.5. The zero-order valence-electron chi connectivity index (χ0n) is 12.8. The number of rotatable bonds is 6. The summed E-state index contributed by atoms with van der Waals surface area (Å²) in [4.78, 5) is 14.7. The molecule has 0 atom stereocenters. The van der Waals surface area contributed by atoms with Gasteiger partial charge in [-0.2, -0.15) is 0 Å². The number of nitrogens with two attached hydrogens (primary N) is 1. The van der Waals surface area contributed by atoms with E-state index in [9.17, 15) is 4.79 Å². The standard InChI is InChI=1S/C17H26N2O2/c1-21-12-11-19(13-14-5-3-2-4-6-14)17(20)15-7-9-16(18)10-8-15/h2-6,15-16H,7-13,18H2,1H3. The van der Waals surface area contributed by atoms with E-state index in [1.807, 2.05) is 23.1 Å². The maximum atomic E-state index is 12.7. The third-order valence-corrected chi connectivity index (χ3v) is 4.21. The summed E-state index contributed by atoms with van der Waals surface area (Å²) in [7, 11) is 1.67. The molecule has 1 fully saturated rings. The SMILES string of the molecule is COCCN(Cc1ccccc1)C(=O)C1CCC(N)CC1. The highest BCUT2D eigenvalue weighted by Crippen LogP contribution is 2.25. The zero-order valence-corrected chi connectivity index (χ0v) is 12.8. The number of hydrogen-bond donors (Lipinski definition) is 1. The van der Waals surface area contributed by atoms with Gasteiger partial charge in [-0.05, 0) is 31.2 Å². The Balaban J connectivity index is 1.99. The van der Waals surface area contributed by atoms with E-state index < -0.39 is 0 Å². The van der Waals surface area contributed by atoms with Gasteiger partial charge < -0.3 is 15.4 Å². The van der Waals surface area contributed by atoms with E-state index in [0.717, 1.165) is 31.2 Å². The first-order chi connectivity index (χ1) is 10.2. The lowest BCUT2D eigenvalue weighted by molar-refractivity contribution is -0.138. The van der Waals surface area contributed by atoms with E-state index in [1.165, 1.54) is 0 Å². The van der Waals surface area contributed by atoms with Gasteiger partial charge in [0.15, 0.2) is 0 Å². The van der Waals surface area contributed by atoms with Crippen LogP contribution in [0.5, 0.6) is 0 Å². The third-order valence-electron chi connectivity index (χ3n) is 4.21. The summed E-state index contributed by atoms with van der Waals surface area (Å²) in [6.45, 7) is 1.88. The lowest BCUT2D eigenvalue weighted by atomic mass is 9.85. The molecule has 21 heavy (non-hydrogen) atoms. The van der Waals surface area contributed by atoms with Gasteiger partial charge >= 0.3 is 0 Å². The fourth-order valence-electron chi connectivity index (χ4n) is 2.90. The maximum absolute atomic E-state index is 12.7. The molecular formula is C17H26N2O2. The number of amides is 1. The van der Waals surface area contributed by atoms with E-state index in [-0.39, 0.29) is 17.9 Å². The minimum absolute atomic E-state index is 0.130. The van der Waals surface area contributed by atoms with Crippen LogP contribution in [-0.4, -0.2) is 37.1 Å². The highest BCUT2D eigenvalue weighted by molar-refractivity contribution is 5.79. The Hall–Kier alpha value is -1.39. The van der Waals surface area contributed by atoms with Crippen molar-refractivity contribution in [1.29, 1.82) is 0 Å². The molecule has 1 amide bonds. The van der Waals surface area contributed by atoms with Gasteiger partial charge in [0.05, 0.1) is 6.61 Å². The smallest absolute Gasteiger partial charge is 0.226 e. The first-order valence-electron chi connectivity index (χ1n) is 7.78. The van der Waals surface area contributed by atoms with Crippen LogP contribution in [0, 0.1) is 5.92 Å². The van der Waals surface area contributed by atoms with Crippen LogP contribution < -0.4 is 5.73 Å². The summed E-state index contributed by atoms with van der Waals surface area (Å²) in [5, 5.41) is 0. The van der Waals surface area contributed by atoms with Crippen molar-refractivity contribution in [2.45, 2.75) is 38.3 Å². The second kappa shape index (κ2) is 8.15. The molecule has 1 aliphatic carbocycles. The number of benzene rings is 1. The topological polar surface area (TPSA) is 55.6 Å². The van der Waals surface area contributed by atoms with Crippen LogP contribution in [-0.2, 0) is 16.1 Å². The Labute approximate surface area is 127 Å². The van der Waals surface area contributed by atoms with Crippen LogP contribution in [0.15, 0.2) is 30.3 Å². The molecule has 1 aromatic rings. The lowest BCUT2D eigenvalue weighted by Crippen LogP contribution is -2.40. The minimum atomic E-state index is 0.130. The summed E-state index contributed by atoms with van der Waals surface area (Å²) < 4.78 is 5.15. The molecule has 4 heteroatoms.